The van der Waals surface area contributed by atoms with Crippen LogP contribution in [0.1, 0.15) is 10.4 Å². The molecule has 1 amide bonds. The summed E-state index contributed by atoms with van der Waals surface area (Å²) in [5.74, 6) is -0.280. The number of anilines is 1. The molecule has 0 saturated carbocycles. The summed E-state index contributed by atoms with van der Waals surface area (Å²) in [6.45, 7) is 0. The monoisotopic (exact) mass is 238 g/mol. The van der Waals surface area contributed by atoms with Crippen LogP contribution in [0.4, 0.5) is 5.69 Å². The van der Waals surface area contributed by atoms with Gasteiger partial charge in [-0.05, 0) is 36.5 Å². The molecule has 0 heterocycles. The number of nitrogens with two attached hydrogens (primary N) is 1. The molecule has 0 aliphatic heterocycles. The number of thiocarbonyl (C=S) groups is 1. The standard InChI is InChI=1S/C10H14N4OS/c1-14(2)8-5-3-7(4-6-8)9(15)12-13-10(11)16/h3-6H,1-2H3,(H,12,15)(H3,11,13,16). The summed E-state index contributed by atoms with van der Waals surface area (Å²) >= 11 is 4.56. The molecule has 0 saturated heterocycles. The van der Waals surface area contributed by atoms with Gasteiger partial charge in [0, 0.05) is 25.3 Å². The summed E-state index contributed by atoms with van der Waals surface area (Å²) in [6, 6.07) is 7.17. The molecule has 0 fully saturated rings. The van der Waals surface area contributed by atoms with Crippen LogP contribution in [0.25, 0.3) is 0 Å². The Morgan fingerprint density at radius 3 is 2.25 bits per heavy atom. The summed E-state index contributed by atoms with van der Waals surface area (Å²) in [5.41, 5.74) is 11.5. The van der Waals surface area contributed by atoms with Crippen molar-refractivity contribution in [3.8, 4) is 0 Å². The van der Waals surface area contributed by atoms with Gasteiger partial charge in [-0.3, -0.25) is 15.6 Å². The Kier molecular flexibility index (Phi) is 4.07. The van der Waals surface area contributed by atoms with Crippen molar-refractivity contribution in [1.29, 1.82) is 0 Å². The maximum Gasteiger partial charge on any atom is 0.269 e. The largest absolute Gasteiger partial charge is 0.378 e. The normalized spacial score (nSPS) is 9.38. The van der Waals surface area contributed by atoms with Crippen molar-refractivity contribution in [3.05, 3.63) is 29.8 Å². The molecule has 5 nitrogen and oxygen atoms in total. The molecule has 0 bridgehead atoms. The first-order valence-electron chi connectivity index (χ1n) is 4.64. The van der Waals surface area contributed by atoms with Gasteiger partial charge in [-0.15, -0.1) is 0 Å². The Morgan fingerprint density at radius 1 is 1.25 bits per heavy atom. The zero-order valence-corrected chi connectivity index (χ0v) is 9.97. The maximum atomic E-state index is 11.5. The van der Waals surface area contributed by atoms with Crippen molar-refractivity contribution < 1.29 is 4.79 Å². The molecule has 1 aromatic rings. The van der Waals surface area contributed by atoms with Gasteiger partial charge in [0.2, 0.25) is 0 Å². The van der Waals surface area contributed by atoms with Gasteiger partial charge in [-0.1, -0.05) is 0 Å². The molecular weight excluding hydrogens is 224 g/mol. The minimum atomic E-state index is -0.280. The van der Waals surface area contributed by atoms with E-state index in [4.69, 9.17) is 5.73 Å². The fourth-order valence-electron chi connectivity index (χ4n) is 1.10. The van der Waals surface area contributed by atoms with Crippen LogP contribution in [0.15, 0.2) is 24.3 Å². The highest BCUT2D eigenvalue weighted by atomic mass is 32.1. The third-order valence-electron chi connectivity index (χ3n) is 1.95. The Bertz CT molecular complexity index is 388. The number of hydrogen-bond acceptors (Lipinski definition) is 3. The lowest BCUT2D eigenvalue weighted by molar-refractivity contribution is 0.0944. The van der Waals surface area contributed by atoms with Crippen LogP contribution in [0, 0.1) is 0 Å². The van der Waals surface area contributed by atoms with E-state index in [1.165, 1.54) is 0 Å². The van der Waals surface area contributed by atoms with E-state index in [2.05, 4.69) is 23.1 Å². The Labute approximate surface area is 99.6 Å². The molecule has 0 unspecified atom stereocenters. The average Bonchev–Trinajstić information content (AvgIpc) is 2.26. The van der Waals surface area contributed by atoms with E-state index in [1.54, 1.807) is 12.1 Å². The van der Waals surface area contributed by atoms with Crippen LogP contribution in [-0.4, -0.2) is 25.1 Å². The first kappa shape index (κ1) is 12.3. The van der Waals surface area contributed by atoms with Crippen molar-refractivity contribution in [1.82, 2.24) is 10.9 Å². The van der Waals surface area contributed by atoms with E-state index in [-0.39, 0.29) is 11.0 Å². The van der Waals surface area contributed by atoms with Crippen molar-refractivity contribution >= 4 is 28.9 Å². The minimum absolute atomic E-state index is 0.0262. The molecule has 16 heavy (non-hydrogen) atoms. The van der Waals surface area contributed by atoms with Crippen molar-refractivity contribution in [3.63, 3.8) is 0 Å². The van der Waals surface area contributed by atoms with E-state index < -0.39 is 0 Å². The Balaban J connectivity index is 2.66. The fourth-order valence-corrected chi connectivity index (χ4v) is 1.15. The van der Waals surface area contributed by atoms with Crippen LogP contribution in [0.5, 0.6) is 0 Å². The minimum Gasteiger partial charge on any atom is -0.378 e. The third kappa shape index (κ3) is 3.39. The first-order chi connectivity index (χ1) is 7.50. The van der Waals surface area contributed by atoms with E-state index in [9.17, 15) is 4.79 Å². The highest BCUT2D eigenvalue weighted by molar-refractivity contribution is 7.80. The third-order valence-corrected chi connectivity index (χ3v) is 2.05. The predicted molar refractivity (Wildman–Crippen MR) is 68.2 cm³/mol. The topological polar surface area (TPSA) is 70.4 Å². The lowest BCUT2D eigenvalue weighted by Crippen LogP contribution is -2.44. The SMILES string of the molecule is CN(C)c1ccc(C(=O)NNC(N)=S)cc1. The summed E-state index contributed by atoms with van der Waals surface area (Å²) < 4.78 is 0. The highest BCUT2D eigenvalue weighted by Crippen LogP contribution is 2.11. The quantitative estimate of drug-likeness (QED) is 0.508. The smallest absolute Gasteiger partial charge is 0.269 e. The second-order valence-electron chi connectivity index (χ2n) is 3.38. The van der Waals surface area contributed by atoms with Crippen LogP contribution < -0.4 is 21.5 Å². The number of carbonyl (C=O) groups is 1. The second-order valence-corrected chi connectivity index (χ2v) is 3.82. The zero-order chi connectivity index (χ0) is 12.1. The van der Waals surface area contributed by atoms with E-state index in [0.29, 0.717) is 5.56 Å². The number of hydrogen-bond donors (Lipinski definition) is 3. The molecule has 6 heteroatoms. The molecule has 4 N–H and O–H groups in total. The number of benzene rings is 1. The van der Waals surface area contributed by atoms with E-state index in [0.717, 1.165) is 5.69 Å². The van der Waals surface area contributed by atoms with Crippen LogP contribution in [0.3, 0.4) is 0 Å². The van der Waals surface area contributed by atoms with Crippen molar-refractivity contribution in [2.24, 2.45) is 5.73 Å². The first-order valence-corrected chi connectivity index (χ1v) is 5.04. The average molecular weight is 238 g/mol. The zero-order valence-electron chi connectivity index (χ0n) is 9.15. The molecule has 0 aromatic heterocycles. The Morgan fingerprint density at radius 2 is 1.81 bits per heavy atom. The van der Waals surface area contributed by atoms with Crippen molar-refractivity contribution in [2.75, 3.05) is 19.0 Å². The summed E-state index contributed by atoms with van der Waals surface area (Å²) in [7, 11) is 3.87. The Hall–Kier alpha value is -1.82. The number of amides is 1. The van der Waals surface area contributed by atoms with Crippen LogP contribution in [0.2, 0.25) is 0 Å². The second kappa shape index (κ2) is 5.32. The molecule has 0 spiro atoms. The number of rotatable bonds is 2. The van der Waals surface area contributed by atoms with Crippen LogP contribution >= 0.6 is 12.2 Å². The van der Waals surface area contributed by atoms with Gasteiger partial charge in [0.15, 0.2) is 5.11 Å². The van der Waals surface area contributed by atoms with E-state index in [1.807, 2.05) is 31.1 Å². The van der Waals surface area contributed by atoms with Gasteiger partial charge in [-0.25, -0.2) is 0 Å². The molecule has 0 aliphatic carbocycles. The molecule has 1 rings (SSSR count). The van der Waals surface area contributed by atoms with Crippen molar-refractivity contribution in [2.45, 2.75) is 0 Å². The van der Waals surface area contributed by atoms with Gasteiger partial charge in [0.05, 0.1) is 0 Å². The molecule has 0 radical (unpaired) electrons. The lowest BCUT2D eigenvalue weighted by atomic mass is 10.2. The van der Waals surface area contributed by atoms with E-state index >= 15 is 0 Å². The molecule has 0 aliphatic rings. The molecular formula is C10H14N4OS. The molecule has 86 valence electrons. The lowest BCUT2D eigenvalue weighted by Gasteiger charge is -2.12. The highest BCUT2D eigenvalue weighted by Gasteiger charge is 2.04. The van der Waals surface area contributed by atoms with Crippen LogP contribution in [-0.2, 0) is 0 Å². The van der Waals surface area contributed by atoms with Gasteiger partial charge < -0.3 is 10.6 Å². The molecule has 1 aromatic carbocycles. The summed E-state index contributed by atoms with van der Waals surface area (Å²) in [6.07, 6.45) is 0. The van der Waals surface area contributed by atoms with Gasteiger partial charge >= 0.3 is 0 Å². The number of nitrogens with one attached hydrogen (secondary N) is 2. The number of nitrogens with zero attached hydrogens (tertiary/aromatic N) is 1. The maximum absolute atomic E-state index is 11.5. The van der Waals surface area contributed by atoms with Gasteiger partial charge in [0.25, 0.3) is 5.91 Å². The number of hydrazine groups is 1. The summed E-state index contributed by atoms with van der Waals surface area (Å²) in [5, 5.41) is 0.0262. The summed E-state index contributed by atoms with van der Waals surface area (Å²) in [4.78, 5) is 13.5. The number of carbonyl (C=O) groups excluding carboxylic acids is 1. The molecule has 0 atom stereocenters. The predicted octanol–water partition coefficient (Wildman–Crippen LogP) is 0.231. The van der Waals surface area contributed by atoms with Gasteiger partial charge in [-0.2, -0.15) is 0 Å². The fraction of sp³-hybridized carbons (Fsp3) is 0.200. The van der Waals surface area contributed by atoms with Gasteiger partial charge in [0.1, 0.15) is 0 Å².